The maximum absolute atomic E-state index is 12.0. The molecule has 15 heavy (non-hydrogen) atoms. The van der Waals surface area contributed by atoms with E-state index in [-0.39, 0.29) is 11.9 Å². The Morgan fingerprint density at radius 1 is 1.60 bits per heavy atom. The molecule has 0 spiro atoms. The van der Waals surface area contributed by atoms with Gasteiger partial charge in [0.25, 0.3) is 5.91 Å². The molecule has 1 aromatic rings. The Morgan fingerprint density at radius 3 is 3.07 bits per heavy atom. The molecule has 82 valence electrons. The van der Waals surface area contributed by atoms with Gasteiger partial charge in [-0.2, -0.15) is 5.10 Å². The first-order valence-corrected chi connectivity index (χ1v) is 5.08. The van der Waals surface area contributed by atoms with Crippen LogP contribution in [0.1, 0.15) is 24.5 Å². The minimum absolute atomic E-state index is 0.0756. The molecule has 1 aromatic heterocycles. The number of rotatable bonds is 1. The van der Waals surface area contributed by atoms with Crippen molar-refractivity contribution in [2.24, 2.45) is 0 Å². The number of carbonyl (C=O) groups excluding carboxylic acids is 1. The van der Waals surface area contributed by atoms with Gasteiger partial charge in [0.2, 0.25) is 5.82 Å². The van der Waals surface area contributed by atoms with E-state index < -0.39 is 0 Å². The topological polar surface area (TPSA) is 73.9 Å². The SMILES string of the molecule is CC1CN(C(=O)c2ncn[nH]2)C(C)CN1. The summed E-state index contributed by atoms with van der Waals surface area (Å²) in [4.78, 5) is 17.7. The molecule has 1 saturated heterocycles. The normalized spacial score (nSPS) is 26.7. The van der Waals surface area contributed by atoms with Crippen LogP contribution in [-0.4, -0.2) is 51.2 Å². The summed E-state index contributed by atoms with van der Waals surface area (Å²) >= 11 is 0. The molecule has 0 aliphatic carbocycles. The van der Waals surface area contributed by atoms with Crippen LogP contribution in [0.5, 0.6) is 0 Å². The number of nitrogens with zero attached hydrogens (tertiary/aromatic N) is 3. The van der Waals surface area contributed by atoms with E-state index in [2.05, 4.69) is 27.4 Å². The minimum Gasteiger partial charge on any atom is -0.330 e. The molecule has 0 saturated carbocycles. The van der Waals surface area contributed by atoms with Crippen LogP contribution in [0.15, 0.2) is 6.33 Å². The number of aromatic nitrogens is 3. The molecule has 6 nitrogen and oxygen atoms in total. The van der Waals surface area contributed by atoms with Crippen LogP contribution in [0.3, 0.4) is 0 Å². The van der Waals surface area contributed by atoms with Crippen LogP contribution in [0.2, 0.25) is 0 Å². The third-order valence-corrected chi connectivity index (χ3v) is 2.64. The van der Waals surface area contributed by atoms with Gasteiger partial charge in [0.05, 0.1) is 0 Å². The molecule has 2 unspecified atom stereocenters. The molecule has 6 heteroatoms. The van der Waals surface area contributed by atoms with Crippen molar-refractivity contribution in [3.8, 4) is 0 Å². The first-order chi connectivity index (χ1) is 7.18. The second-order valence-corrected chi connectivity index (χ2v) is 3.95. The average molecular weight is 209 g/mol. The lowest BCUT2D eigenvalue weighted by molar-refractivity contribution is 0.0604. The Balaban J connectivity index is 2.12. The zero-order valence-electron chi connectivity index (χ0n) is 8.90. The number of amides is 1. The van der Waals surface area contributed by atoms with Gasteiger partial charge in [-0.05, 0) is 13.8 Å². The van der Waals surface area contributed by atoms with E-state index in [1.54, 1.807) is 0 Å². The standard InChI is InChI=1S/C9H15N5O/c1-6-4-14(7(2)3-10-6)9(15)8-11-5-12-13-8/h5-7,10H,3-4H2,1-2H3,(H,11,12,13). The Hall–Kier alpha value is -1.43. The molecule has 1 amide bonds. The number of hydrogen-bond acceptors (Lipinski definition) is 4. The maximum Gasteiger partial charge on any atom is 0.291 e. The Bertz CT molecular complexity index is 336. The monoisotopic (exact) mass is 209 g/mol. The van der Waals surface area contributed by atoms with Gasteiger partial charge in [-0.15, -0.1) is 0 Å². The second-order valence-electron chi connectivity index (χ2n) is 3.95. The van der Waals surface area contributed by atoms with Gasteiger partial charge in [0.1, 0.15) is 6.33 Å². The molecule has 0 aromatic carbocycles. The van der Waals surface area contributed by atoms with Crippen LogP contribution in [0.4, 0.5) is 0 Å². The van der Waals surface area contributed by atoms with Crippen molar-refractivity contribution >= 4 is 5.91 Å². The molecule has 1 fully saturated rings. The summed E-state index contributed by atoms with van der Waals surface area (Å²) in [6.45, 7) is 5.61. The average Bonchev–Trinajstić information content (AvgIpc) is 2.74. The van der Waals surface area contributed by atoms with Crippen LogP contribution < -0.4 is 5.32 Å². The predicted octanol–water partition coefficient (Wildman–Crippen LogP) is -0.373. The fourth-order valence-electron chi connectivity index (χ4n) is 1.75. The zero-order valence-corrected chi connectivity index (χ0v) is 8.90. The first kappa shape index (κ1) is 10.1. The molecule has 0 radical (unpaired) electrons. The summed E-state index contributed by atoms with van der Waals surface area (Å²) in [7, 11) is 0. The summed E-state index contributed by atoms with van der Waals surface area (Å²) in [5, 5.41) is 9.60. The number of H-pyrrole nitrogens is 1. The van der Waals surface area contributed by atoms with Crippen molar-refractivity contribution in [3.05, 3.63) is 12.2 Å². The third kappa shape index (κ3) is 1.99. The largest absolute Gasteiger partial charge is 0.330 e. The number of nitrogens with one attached hydrogen (secondary N) is 2. The van der Waals surface area contributed by atoms with Gasteiger partial charge in [-0.1, -0.05) is 0 Å². The van der Waals surface area contributed by atoms with Crippen LogP contribution in [-0.2, 0) is 0 Å². The first-order valence-electron chi connectivity index (χ1n) is 5.08. The lowest BCUT2D eigenvalue weighted by atomic mass is 10.1. The maximum atomic E-state index is 12.0. The van der Waals surface area contributed by atoms with Crippen molar-refractivity contribution in [3.63, 3.8) is 0 Å². The highest BCUT2D eigenvalue weighted by atomic mass is 16.2. The molecule has 0 bridgehead atoms. The highest BCUT2D eigenvalue weighted by Gasteiger charge is 2.28. The molecular formula is C9H15N5O. The summed E-state index contributed by atoms with van der Waals surface area (Å²) in [6.07, 6.45) is 1.35. The van der Waals surface area contributed by atoms with Gasteiger partial charge >= 0.3 is 0 Å². The molecule has 1 aliphatic heterocycles. The van der Waals surface area contributed by atoms with Crippen molar-refractivity contribution in [1.29, 1.82) is 0 Å². The van der Waals surface area contributed by atoms with Gasteiger partial charge in [0, 0.05) is 25.2 Å². The van der Waals surface area contributed by atoms with Gasteiger partial charge < -0.3 is 10.2 Å². The predicted molar refractivity (Wildman–Crippen MR) is 54.3 cm³/mol. The molecular weight excluding hydrogens is 194 g/mol. The van der Waals surface area contributed by atoms with Crippen LogP contribution in [0.25, 0.3) is 0 Å². The highest BCUT2D eigenvalue weighted by molar-refractivity contribution is 5.90. The Labute approximate surface area is 88.1 Å². The minimum atomic E-state index is -0.0756. The lowest BCUT2D eigenvalue weighted by Crippen LogP contribution is -2.56. The van der Waals surface area contributed by atoms with E-state index in [1.165, 1.54) is 6.33 Å². The molecule has 2 heterocycles. The summed E-state index contributed by atoms with van der Waals surface area (Å²) in [5.74, 6) is 0.240. The zero-order chi connectivity index (χ0) is 10.8. The quantitative estimate of drug-likeness (QED) is 0.661. The van der Waals surface area contributed by atoms with Crippen LogP contribution in [0, 0.1) is 0 Å². The van der Waals surface area contributed by atoms with E-state index >= 15 is 0 Å². The summed E-state index contributed by atoms with van der Waals surface area (Å²) in [6, 6.07) is 0.520. The van der Waals surface area contributed by atoms with E-state index in [1.807, 2.05) is 11.8 Å². The summed E-state index contributed by atoms with van der Waals surface area (Å²) < 4.78 is 0. The fraction of sp³-hybridized carbons (Fsp3) is 0.667. The fourth-order valence-corrected chi connectivity index (χ4v) is 1.75. The number of carbonyl (C=O) groups is 1. The smallest absolute Gasteiger partial charge is 0.291 e. The van der Waals surface area contributed by atoms with E-state index in [9.17, 15) is 4.79 Å². The number of hydrogen-bond donors (Lipinski definition) is 2. The highest BCUT2D eigenvalue weighted by Crippen LogP contribution is 2.09. The van der Waals surface area contributed by atoms with Gasteiger partial charge in [-0.25, -0.2) is 4.98 Å². The number of aromatic amines is 1. The van der Waals surface area contributed by atoms with Crippen LogP contribution >= 0.6 is 0 Å². The van der Waals surface area contributed by atoms with Crippen molar-refractivity contribution in [2.45, 2.75) is 25.9 Å². The lowest BCUT2D eigenvalue weighted by Gasteiger charge is -2.36. The van der Waals surface area contributed by atoms with Crippen molar-refractivity contribution in [2.75, 3.05) is 13.1 Å². The Morgan fingerprint density at radius 2 is 2.40 bits per heavy atom. The number of piperazine rings is 1. The van der Waals surface area contributed by atoms with E-state index in [0.717, 1.165) is 6.54 Å². The molecule has 2 rings (SSSR count). The Kier molecular flexibility index (Phi) is 2.68. The van der Waals surface area contributed by atoms with Gasteiger partial charge in [0.15, 0.2) is 0 Å². The van der Waals surface area contributed by atoms with Crippen molar-refractivity contribution in [1.82, 2.24) is 25.4 Å². The molecule has 2 atom stereocenters. The molecule has 2 N–H and O–H groups in total. The van der Waals surface area contributed by atoms with E-state index in [0.29, 0.717) is 18.4 Å². The van der Waals surface area contributed by atoms with Crippen molar-refractivity contribution < 1.29 is 4.79 Å². The summed E-state index contributed by atoms with van der Waals surface area (Å²) in [5.41, 5.74) is 0. The second kappa shape index (κ2) is 3.98. The third-order valence-electron chi connectivity index (χ3n) is 2.64. The van der Waals surface area contributed by atoms with E-state index in [4.69, 9.17) is 0 Å². The molecule has 1 aliphatic rings. The van der Waals surface area contributed by atoms with Gasteiger partial charge in [-0.3, -0.25) is 9.89 Å².